The van der Waals surface area contributed by atoms with Crippen molar-refractivity contribution in [2.45, 2.75) is 56.4 Å². The summed E-state index contributed by atoms with van der Waals surface area (Å²) in [5.74, 6) is 0.762. The van der Waals surface area contributed by atoms with Gasteiger partial charge in [0.15, 0.2) is 5.65 Å². The minimum Gasteiger partial charge on any atom is -0.391 e. The number of aliphatic hydroxyl groups is 1. The second-order valence-electron chi connectivity index (χ2n) is 8.88. The molecule has 0 bridgehead atoms. The summed E-state index contributed by atoms with van der Waals surface area (Å²) < 4.78 is 8.51. The maximum Gasteiger partial charge on any atom is 0.274 e. The lowest BCUT2D eigenvalue weighted by atomic mass is 9.89. The first kappa shape index (κ1) is 22.4. The van der Waals surface area contributed by atoms with E-state index in [1.807, 2.05) is 0 Å². The lowest BCUT2D eigenvalue weighted by molar-refractivity contribution is 0.0300. The third-order valence-corrected chi connectivity index (χ3v) is 6.82. The van der Waals surface area contributed by atoms with Crippen molar-refractivity contribution >= 4 is 28.9 Å². The number of methoxy groups -OCH3 is 1. The molecule has 0 radical (unpaired) electrons. The molecule has 3 aromatic heterocycles. The Morgan fingerprint density at radius 2 is 2.12 bits per heavy atom. The standard InChI is InChI=1S/C23H29N7O4/c1-24-20-11-19(27-16-4-3-9-29(23(16)33)17-7-8-18(17)31)28-21-15(12-25-30(20)21)22(32)26-13-5-6-14(10-13)34-2/h3-4,9,11-14,17-18,24,31H,5-8,10H2,1-2H3,(H,26,32)(H,27,28)/t13-,14-,17?,18+/m1/s1. The highest BCUT2D eigenvalue weighted by Gasteiger charge is 2.31. The van der Waals surface area contributed by atoms with Gasteiger partial charge in [-0.3, -0.25) is 9.59 Å². The van der Waals surface area contributed by atoms with Gasteiger partial charge < -0.3 is 30.4 Å². The van der Waals surface area contributed by atoms with Gasteiger partial charge in [-0.2, -0.15) is 9.61 Å². The van der Waals surface area contributed by atoms with Gasteiger partial charge in [-0.05, 0) is 44.2 Å². The van der Waals surface area contributed by atoms with Gasteiger partial charge in [0.05, 0.1) is 24.4 Å². The molecule has 3 heterocycles. The van der Waals surface area contributed by atoms with E-state index in [2.05, 4.69) is 26.0 Å². The normalized spacial score (nSPS) is 24.1. The van der Waals surface area contributed by atoms with Gasteiger partial charge in [0, 0.05) is 32.5 Å². The molecule has 3 aromatic rings. The Bertz CT molecular complexity index is 1270. The van der Waals surface area contributed by atoms with Gasteiger partial charge in [0.1, 0.15) is 22.9 Å². The Labute approximate surface area is 196 Å². The van der Waals surface area contributed by atoms with Crippen molar-refractivity contribution in [3.05, 3.63) is 46.5 Å². The number of carbonyl (C=O) groups excluding carboxylic acids is 1. The van der Waals surface area contributed by atoms with Crippen molar-refractivity contribution in [2.75, 3.05) is 24.8 Å². The van der Waals surface area contributed by atoms with Crippen molar-refractivity contribution in [1.29, 1.82) is 0 Å². The summed E-state index contributed by atoms with van der Waals surface area (Å²) in [6.45, 7) is 0. The summed E-state index contributed by atoms with van der Waals surface area (Å²) in [6, 6.07) is 4.99. The van der Waals surface area contributed by atoms with E-state index in [0.29, 0.717) is 35.0 Å². The second-order valence-corrected chi connectivity index (χ2v) is 8.88. The SMILES string of the molecule is CNc1cc(Nc2cccn(C3CC[C@@H]3O)c2=O)nc2c(C(=O)N[C@@H]3CC[C@@H](OC)C3)cnn12. The smallest absolute Gasteiger partial charge is 0.274 e. The molecule has 4 N–H and O–H groups in total. The molecule has 1 amide bonds. The van der Waals surface area contributed by atoms with Crippen LogP contribution in [-0.4, -0.2) is 62.6 Å². The van der Waals surface area contributed by atoms with E-state index >= 15 is 0 Å². The molecule has 0 aromatic carbocycles. The van der Waals surface area contributed by atoms with Crippen molar-refractivity contribution < 1.29 is 14.6 Å². The Balaban J connectivity index is 1.43. The van der Waals surface area contributed by atoms with Gasteiger partial charge in [0.2, 0.25) is 0 Å². The average molecular weight is 468 g/mol. The molecule has 34 heavy (non-hydrogen) atoms. The first-order valence-electron chi connectivity index (χ1n) is 11.5. The third kappa shape index (κ3) is 4.01. The molecule has 11 heteroatoms. The summed E-state index contributed by atoms with van der Waals surface area (Å²) in [7, 11) is 3.44. The van der Waals surface area contributed by atoms with E-state index in [1.54, 1.807) is 47.6 Å². The molecular formula is C23H29N7O4. The molecule has 5 rings (SSSR count). The summed E-state index contributed by atoms with van der Waals surface area (Å²) in [5.41, 5.74) is 0.824. The lowest BCUT2D eigenvalue weighted by Gasteiger charge is -2.34. The Morgan fingerprint density at radius 3 is 2.79 bits per heavy atom. The van der Waals surface area contributed by atoms with E-state index in [4.69, 9.17) is 4.74 Å². The van der Waals surface area contributed by atoms with Gasteiger partial charge in [-0.1, -0.05) is 0 Å². The molecule has 0 spiro atoms. The van der Waals surface area contributed by atoms with Crippen LogP contribution in [0.5, 0.6) is 0 Å². The zero-order chi connectivity index (χ0) is 23.8. The van der Waals surface area contributed by atoms with E-state index in [-0.39, 0.29) is 29.7 Å². The molecule has 2 fully saturated rings. The van der Waals surface area contributed by atoms with Crippen LogP contribution < -0.4 is 21.5 Å². The minimum absolute atomic E-state index is 0.0436. The predicted octanol–water partition coefficient (Wildman–Crippen LogP) is 1.67. The monoisotopic (exact) mass is 467 g/mol. The fourth-order valence-electron chi connectivity index (χ4n) is 4.71. The number of anilines is 3. The number of rotatable bonds is 7. The number of ether oxygens (including phenoxy) is 1. The van der Waals surface area contributed by atoms with E-state index < -0.39 is 6.10 Å². The molecule has 2 saturated carbocycles. The summed E-state index contributed by atoms with van der Waals surface area (Å²) in [5, 5.41) is 23.5. The zero-order valence-electron chi connectivity index (χ0n) is 19.2. The molecule has 0 aliphatic heterocycles. The van der Waals surface area contributed by atoms with Crippen molar-refractivity contribution in [3.8, 4) is 0 Å². The van der Waals surface area contributed by atoms with E-state index in [1.165, 1.54) is 6.20 Å². The van der Waals surface area contributed by atoms with Gasteiger partial charge in [-0.15, -0.1) is 0 Å². The quantitative estimate of drug-likeness (QED) is 0.412. The zero-order valence-corrected chi connectivity index (χ0v) is 19.2. The third-order valence-electron chi connectivity index (χ3n) is 6.82. The highest BCUT2D eigenvalue weighted by atomic mass is 16.5. The molecule has 1 unspecified atom stereocenters. The number of hydrogen-bond acceptors (Lipinski definition) is 8. The summed E-state index contributed by atoms with van der Waals surface area (Å²) in [6.07, 6.45) is 6.85. The maximum atomic E-state index is 13.0. The van der Waals surface area contributed by atoms with Crippen LogP contribution >= 0.6 is 0 Å². The van der Waals surface area contributed by atoms with Crippen molar-refractivity contribution in [1.82, 2.24) is 24.5 Å². The minimum atomic E-state index is -0.509. The number of carbonyl (C=O) groups is 1. The first-order chi connectivity index (χ1) is 16.5. The van der Waals surface area contributed by atoms with Crippen molar-refractivity contribution in [3.63, 3.8) is 0 Å². The molecule has 180 valence electrons. The van der Waals surface area contributed by atoms with Gasteiger partial charge in [0.25, 0.3) is 11.5 Å². The average Bonchev–Trinajstić information content (AvgIpc) is 3.47. The number of hydrogen-bond donors (Lipinski definition) is 4. The van der Waals surface area contributed by atoms with Gasteiger partial charge in [-0.25, -0.2) is 4.98 Å². The second kappa shape index (κ2) is 9.07. The molecule has 0 saturated heterocycles. The molecular weight excluding hydrogens is 438 g/mol. The highest BCUT2D eigenvalue weighted by molar-refractivity contribution is 6.00. The van der Waals surface area contributed by atoms with Crippen LogP contribution in [0, 0.1) is 0 Å². The van der Waals surface area contributed by atoms with Crippen LogP contribution in [-0.2, 0) is 4.74 Å². The summed E-state index contributed by atoms with van der Waals surface area (Å²) >= 11 is 0. The molecule has 2 aliphatic rings. The van der Waals surface area contributed by atoms with Crippen LogP contribution in [0.15, 0.2) is 35.4 Å². The van der Waals surface area contributed by atoms with Crippen LogP contribution in [0.4, 0.5) is 17.3 Å². The van der Waals surface area contributed by atoms with Crippen LogP contribution in [0.2, 0.25) is 0 Å². The first-order valence-corrected chi connectivity index (χ1v) is 11.5. The number of fused-ring (bicyclic) bond motifs is 1. The number of aliphatic hydroxyl groups excluding tert-OH is 1. The highest BCUT2D eigenvalue weighted by Crippen LogP contribution is 2.31. The molecule has 4 atom stereocenters. The van der Waals surface area contributed by atoms with Crippen LogP contribution in [0.25, 0.3) is 5.65 Å². The fraction of sp³-hybridized carbons (Fsp3) is 0.478. The summed E-state index contributed by atoms with van der Waals surface area (Å²) in [4.78, 5) is 30.6. The fourth-order valence-corrected chi connectivity index (χ4v) is 4.71. The molecule has 11 nitrogen and oxygen atoms in total. The number of nitrogens with one attached hydrogen (secondary N) is 3. The predicted molar refractivity (Wildman–Crippen MR) is 127 cm³/mol. The Morgan fingerprint density at radius 1 is 1.26 bits per heavy atom. The number of amides is 1. The van der Waals surface area contributed by atoms with Crippen LogP contribution in [0.3, 0.4) is 0 Å². The maximum absolute atomic E-state index is 13.0. The van der Waals surface area contributed by atoms with Gasteiger partial charge >= 0.3 is 0 Å². The Kier molecular flexibility index (Phi) is 5.96. The van der Waals surface area contributed by atoms with Crippen molar-refractivity contribution in [2.24, 2.45) is 0 Å². The number of nitrogens with zero attached hydrogens (tertiary/aromatic N) is 4. The Hall–Kier alpha value is -3.44. The number of aromatic nitrogens is 4. The number of pyridine rings is 1. The van der Waals surface area contributed by atoms with E-state index in [0.717, 1.165) is 25.7 Å². The largest absolute Gasteiger partial charge is 0.391 e. The van der Waals surface area contributed by atoms with E-state index in [9.17, 15) is 14.7 Å². The van der Waals surface area contributed by atoms with Crippen LogP contribution in [0.1, 0.15) is 48.5 Å². The topological polar surface area (TPSA) is 135 Å². The molecule has 2 aliphatic carbocycles. The lowest BCUT2D eigenvalue weighted by Crippen LogP contribution is -2.39.